The van der Waals surface area contributed by atoms with Crippen LogP contribution in [0.3, 0.4) is 0 Å². The second-order valence-electron chi connectivity index (χ2n) is 2.16. The van der Waals surface area contributed by atoms with Gasteiger partial charge in [0.15, 0.2) is 4.34 Å². The molecule has 13 heavy (non-hydrogen) atoms. The van der Waals surface area contributed by atoms with Crippen LogP contribution in [0.15, 0.2) is 4.34 Å². The average Bonchev–Trinajstić information content (AvgIpc) is 2.47. The number of thioether (sulfide) groups is 1. The minimum Gasteiger partial charge on any atom is -0.480 e. The van der Waals surface area contributed by atoms with Gasteiger partial charge in [-0.05, 0) is 0 Å². The number of carboxylic acid groups (broad SMARTS) is 1. The maximum atomic E-state index is 10.3. The number of aliphatic carboxylic acids is 1. The molecule has 6 nitrogen and oxygen atoms in total. The molecule has 0 radical (unpaired) electrons. The van der Waals surface area contributed by atoms with Crippen molar-refractivity contribution in [3.05, 3.63) is 0 Å². The van der Waals surface area contributed by atoms with E-state index in [9.17, 15) is 4.79 Å². The molecule has 5 N–H and O–H groups in total. The number of rotatable bonds is 4. The summed E-state index contributed by atoms with van der Waals surface area (Å²) in [5.41, 5.74) is 10.6. The topological polar surface area (TPSA) is 115 Å². The zero-order valence-electron chi connectivity index (χ0n) is 6.51. The predicted octanol–water partition coefficient (Wildman–Crippen LogP) is -0.376. The van der Waals surface area contributed by atoms with Gasteiger partial charge in [-0.25, -0.2) is 0 Å². The number of nitrogens with two attached hydrogens (primary N) is 2. The van der Waals surface area contributed by atoms with E-state index < -0.39 is 12.0 Å². The Morgan fingerprint density at radius 1 is 1.69 bits per heavy atom. The van der Waals surface area contributed by atoms with E-state index in [-0.39, 0.29) is 5.75 Å². The maximum absolute atomic E-state index is 10.3. The summed E-state index contributed by atoms with van der Waals surface area (Å²) in [7, 11) is 0. The van der Waals surface area contributed by atoms with Gasteiger partial charge in [0.05, 0.1) is 0 Å². The molecule has 0 fully saturated rings. The van der Waals surface area contributed by atoms with Crippen LogP contribution in [-0.2, 0) is 4.79 Å². The molecule has 1 heterocycles. The third kappa shape index (κ3) is 3.17. The standard InChI is InChI=1S/C5H8N4O2S2/c6-2(3(10)11)1-12-5-9-8-4(7)13-5/h2H,1,6H2,(H2,7,8)(H,10,11). The highest BCUT2D eigenvalue weighted by atomic mass is 32.2. The van der Waals surface area contributed by atoms with Crippen LogP contribution in [0.5, 0.6) is 0 Å². The first-order valence-corrected chi connectivity index (χ1v) is 5.10. The van der Waals surface area contributed by atoms with Crippen molar-refractivity contribution in [2.75, 3.05) is 11.5 Å². The van der Waals surface area contributed by atoms with Gasteiger partial charge in [0.2, 0.25) is 5.13 Å². The van der Waals surface area contributed by atoms with Crippen molar-refractivity contribution < 1.29 is 9.90 Å². The monoisotopic (exact) mass is 220 g/mol. The lowest BCUT2D eigenvalue weighted by molar-refractivity contribution is -0.137. The number of carbonyl (C=O) groups is 1. The predicted molar refractivity (Wildman–Crippen MR) is 50.7 cm³/mol. The van der Waals surface area contributed by atoms with Gasteiger partial charge in [0, 0.05) is 5.75 Å². The average molecular weight is 220 g/mol. The summed E-state index contributed by atoms with van der Waals surface area (Å²) in [6, 6.07) is -0.880. The van der Waals surface area contributed by atoms with E-state index in [0.29, 0.717) is 9.47 Å². The van der Waals surface area contributed by atoms with Crippen molar-refractivity contribution in [1.29, 1.82) is 0 Å². The number of hydrogen-bond donors (Lipinski definition) is 3. The molecule has 0 amide bonds. The van der Waals surface area contributed by atoms with Crippen molar-refractivity contribution in [2.24, 2.45) is 5.73 Å². The molecule has 1 atom stereocenters. The molecule has 0 aliphatic carbocycles. The molecular formula is C5H8N4O2S2. The molecule has 0 spiro atoms. The van der Waals surface area contributed by atoms with E-state index in [1.165, 1.54) is 23.1 Å². The Bertz CT molecular complexity index is 302. The van der Waals surface area contributed by atoms with Gasteiger partial charge >= 0.3 is 5.97 Å². The van der Waals surface area contributed by atoms with E-state index >= 15 is 0 Å². The minimum absolute atomic E-state index is 0.268. The van der Waals surface area contributed by atoms with Gasteiger partial charge in [-0.1, -0.05) is 23.1 Å². The van der Waals surface area contributed by atoms with Crippen LogP contribution in [0.2, 0.25) is 0 Å². The van der Waals surface area contributed by atoms with Crippen molar-refractivity contribution in [2.45, 2.75) is 10.4 Å². The first kappa shape index (κ1) is 10.2. The number of hydrogen-bond acceptors (Lipinski definition) is 7. The first-order chi connectivity index (χ1) is 6.09. The molecule has 0 aliphatic heterocycles. The Balaban J connectivity index is 2.39. The lowest BCUT2D eigenvalue weighted by Gasteiger charge is -2.01. The fourth-order valence-electron chi connectivity index (χ4n) is 0.511. The lowest BCUT2D eigenvalue weighted by Crippen LogP contribution is -2.32. The number of anilines is 1. The summed E-state index contributed by atoms with van der Waals surface area (Å²) < 4.78 is 0.634. The lowest BCUT2D eigenvalue weighted by atomic mass is 10.4. The highest BCUT2D eigenvalue weighted by molar-refractivity contribution is 8.01. The van der Waals surface area contributed by atoms with Gasteiger partial charge in [-0.2, -0.15) is 0 Å². The van der Waals surface area contributed by atoms with Crippen molar-refractivity contribution >= 4 is 34.2 Å². The highest BCUT2D eigenvalue weighted by Gasteiger charge is 2.12. The largest absolute Gasteiger partial charge is 0.480 e. The zero-order valence-corrected chi connectivity index (χ0v) is 8.14. The van der Waals surface area contributed by atoms with Gasteiger partial charge in [0.25, 0.3) is 0 Å². The second kappa shape index (κ2) is 4.40. The Kier molecular flexibility index (Phi) is 3.46. The molecule has 1 aromatic heterocycles. The molecule has 8 heteroatoms. The van der Waals surface area contributed by atoms with Gasteiger partial charge < -0.3 is 16.6 Å². The Morgan fingerprint density at radius 2 is 2.38 bits per heavy atom. The molecule has 1 unspecified atom stereocenters. The van der Waals surface area contributed by atoms with Gasteiger partial charge in [-0.15, -0.1) is 10.2 Å². The summed E-state index contributed by atoms with van der Waals surface area (Å²) in [4.78, 5) is 10.3. The molecule has 0 bridgehead atoms. The van der Waals surface area contributed by atoms with Crippen LogP contribution < -0.4 is 11.5 Å². The van der Waals surface area contributed by atoms with Gasteiger partial charge in [-0.3, -0.25) is 4.79 Å². The molecule has 72 valence electrons. The molecule has 0 aromatic carbocycles. The summed E-state index contributed by atoms with van der Waals surface area (Å²) in [5.74, 6) is -0.755. The van der Waals surface area contributed by atoms with E-state index in [4.69, 9.17) is 16.6 Å². The third-order valence-electron chi connectivity index (χ3n) is 1.13. The number of carboxylic acids is 1. The van der Waals surface area contributed by atoms with Crippen LogP contribution in [0.1, 0.15) is 0 Å². The van der Waals surface area contributed by atoms with E-state index in [2.05, 4.69) is 10.2 Å². The van der Waals surface area contributed by atoms with Crippen molar-refractivity contribution in [3.63, 3.8) is 0 Å². The van der Waals surface area contributed by atoms with Crippen molar-refractivity contribution in [1.82, 2.24) is 10.2 Å². The minimum atomic E-state index is -1.02. The molecule has 1 aromatic rings. The van der Waals surface area contributed by atoms with Crippen LogP contribution in [0.25, 0.3) is 0 Å². The first-order valence-electron chi connectivity index (χ1n) is 3.29. The molecule has 1 rings (SSSR count). The van der Waals surface area contributed by atoms with Crippen molar-refractivity contribution in [3.8, 4) is 0 Å². The molecule has 0 saturated heterocycles. The fourth-order valence-corrected chi connectivity index (χ4v) is 2.11. The molecular weight excluding hydrogens is 212 g/mol. The molecule has 0 saturated carbocycles. The molecule has 0 aliphatic rings. The van der Waals surface area contributed by atoms with Crippen LogP contribution in [-0.4, -0.2) is 33.1 Å². The smallest absolute Gasteiger partial charge is 0.321 e. The van der Waals surface area contributed by atoms with Crippen LogP contribution in [0.4, 0.5) is 5.13 Å². The SMILES string of the molecule is Nc1nnc(SCC(N)C(=O)O)s1. The number of aromatic nitrogens is 2. The Morgan fingerprint density at radius 3 is 2.85 bits per heavy atom. The summed E-state index contributed by atoms with van der Waals surface area (Å²) in [6.07, 6.45) is 0. The summed E-state index contributed by atoms with van der Waals surface area (Å²) >= 11 is 2.45. The fraction of sp³-hybridized carbons (Fsp3) is 0.400. The van der Waals surface area contributed by atoms with E-state index in [0.717, 1.165) is 0 Å². The van der Waals surface area contributed by atoms with E-state index in [1.807, 2.05) is 0 Å². The highest BCUT2D eigenvalue weighted by Crippen LogP contribution is 2.23. The quantitative estimate of drug-likeness (QED) is 0.592. The normalized spacial score (nSPS) is 12.7. The third-order valence-corrected chi connectivity index (χ3v) is 3.13. The second-order valence-corrected chi connectivity index (χ2v) is 4.44. The Labute approximate surface area is 82.3 Å². The zero-order chi connectivity index (χ0) is 9.84. The van der Waals surface area contributed by atoms with Crippen LogP contribution >= 0.6 is 23.1 Å². The van der Waals surface area contributed by atoms with Gasteiger partial charge in [0.1, 0.15) is 6.04 Å². The number of nitrogen functional groups attached to an aromatic ring is 1. The summed E-state index contributed by atoms with van der Waals surface area (Å²) in [5, 5.41) is 16.1. The van der Waals surface area contributed by atoms with E-state index in [1.54, 1.807) is 0 Å². The maximum Gasteiger partial charge on any atom is 0.321 e. The number of nitrogens with zero attached hydrogens (tertiary/aromatic N) is 2. The Hall–Kier alpha value is -0.860. The summed E-state index contributed by atoms with van der Waals surface area (Å²) in [6.45, 7) is 0. The van der Waals surface area contributed by atoms with Crippen LogP contribution in [0, 0.1) is 0 Å².